The molecule has 3 rings (SSSR count). The molecule has 0 unspecified atom stereocenters. The minimum absolute atomic E-state index is 0.105. The van der Waals surface area contributed by atoms with Crippen LogP contribution in [0.2, 0.25) is 0 Å². The molecule has 0 heterocycles. The number of hydrogen-bond donors (Lipinski definition) is 0. The van der Waals surface area contributed by atoms with Gasteiger partial charge >= 0.3 is 5.97 Å². The molecule has 1 saturated carbocycles. The molecule has 1 atom stereocenters. The Bertz CT molecular complexity index is 838. The molecule has 0 spiro atoms. The Kier molecular flexibility index (Phi) is 10.9. The first kappa shape index (κ1) is 26.2. The van der Waals surface area contributed by atoms with E-state index < -0.39 is 12.1 Å². The van der Waals surface area contributed by atoms with Gasteiger partial charge in [-0.15, -0.1) is 0 Å². The van der Waals surface area contributed by atoms with E-state index in [0.717, 1.165) is 76.6 Å². The van der Waals surface area contributed by atoms with Crippen molar-refractivity contribution < 1.29 is 18.7 Å². The molecular formula is C30H41FO3. The Morgan fingerprint density at radius 1 is 0.912 bits per heavy atom. The van der Waals surface area contributed by atoms with Crippen molar-refractivity contribution in [3.8, 4) is 16.9 Å². The summed E-state index contributed by atoms with van der Waals surface area (Å²) in [6.45, 7) is 4.94. The molecule has 0 aromatic heterocycles. The summed E-state index contributed by atoms with van der Waals surface area (Å²) in [6, 6.07) is 17.2. The van der Waals surface area contributed by atoms with Crippen molar-refractivity contribution in [1.82, 2.24) is 0 Å². The number of benzene rings is 2. The van der Waals surface area contributed by atoms with Gasteiger partial charge in [0, 0.05) is 0 Å². The van der Waals surface area contributed by atoms with E-state index in [4.69, 9.17) is 9.47 Å². The Morgan fingerprint density at radius 3 is 2.15 bits per heavy atom. The van der Waals surface area contributed by atoms with Crippen LogP contribution in [0.5, 0.6) is 5.75 Å². The molecule has 1 aliphatic rings. The van der Waals surface area contributed by atoms with Gasteiger partial charge in [0.15, 0.2) is 6.17 Å². The standard InChI is InChI=1S/C30H41FO3/c1-3-5-7-29(31)30(32)34-28-18-12-24(13-19-28)9-8-23-10-14-25(15-11-23)26-16-20-27(21-17-26)33-22-6-4-2/h10-11,14-17,20-21,24,28-29H,3-9,12-13,18-19,22H2,1-2H3/t24?,28?,29-/m0/s1. The molecule has 34 heavy (non-hydrogen) atoms. The van der Waals surface area contributed by atoms with E-state index in [1.807, 2.05) is 19.1 Å². The van der Waals surface area contributed by atoms with Crippen molar-refractivity contribution >= 4 is 5.97 Å². The highest BCUT2D eigenvalue weighted by Gasteiger charge is 2.27. The van der Waals surface area contributed by atoms with Gasteiger partial charge in [-0.1, -0.05) is 69.5 Å². The molecule has 2 aromatic rings. The highest BCUT2D eigenvalue weighted by molar-refractivity contribution is 5.74. The van der Waals surface area contributed by atoms with Gasteiger partial charge in [0.1, 0.15) is 11.9 Å². The number of carbonyl (C=O) groups excluding carboxylic acids is 1. The van der Waals surface area contributed by atoms with Gasteiger partial charge in [0.2, 0.25) is 0 Å². The molecule has 1 aliphatic carbocycles. The molecule has 186 valence electrons. The first-order chi connectivity index (χ1) is 16.6. The molecule has 4 heteroatoms. The molecule has 0 saturated heterocycles. The number of halogens is 1. The van der Waals surface area contributed by atoms with Crippen LogP contribution in [-0.4, -0.2) is 24.9 Å². The summed E-state index contributed by atoms with van der Waals surface area (Å²) in [7, 11) is 0. The van der Waals surface area contributed by atoms with Gasteiger partial charge in [0.25, 0.3) is 0 Å². The summed E-state index contributed by atoms with van der Waals surface area (Å²) >= 11 is 0. The number of aryl methyl sites for hydroxylation is 1. The van der Waals surface area contributed by atoms with Crippen molar-refractivity contribution in [2.75, 3.05) is 6.61 Å². The van der Waals surface area contributed by atoms with Crippen molar-refractivity contribution in [3.63, 3.8) is 0 Å². The molecule has 0 radical (unpaired) electrons. The van der Waals surface area contributed by atoms with Gasteiger partial charge in [-0.2, -0.15) is 0 Å². The lowest BCUT2D eigenvalue weighted by molar-refractivity contribution is -0.157. The maximum Gasteiger partial charge on any atom is 0.340 e. The second-order valence-electron chi connectivity index (χ2n) is 9.65. The SMILES string of the molecule is CCCCOc1ccc(-c2ccc(CCC3CCC(OC(=O)[C@@H](F)CCCC)CC3)cc2)cc1. The highest BCUT2D eigenvalue weighted by atomic mass is 19.1. The predicted octanol–water partition coefficient (Wildman–Crippen LogP) is 8.10. The maximum atomic E-state index is 13.9. The van der Waals surface area contributed by atoms with Crippen LogP contribution >= 0.6 is 0 Å². The van der Waals surface area contributed by atoms with E-state index in [1.54, 1.807) is 0 Å². The van der Waals surface area contributed by atoms with Crippen LogP contribution in [0.3, 0.4) is 0 Å². The van der Waals surface area contributed by atoms with E-state index in [1.165, 1.54) is 16.7 Å². The Morgan fingerprint density at radius 2 is 1.53 bits per heavy atom. The fourth-order valence-corrected chi connectivity index (χ4v) is 4.59. The van der Waals surface area contributed by atoms with Gasteiger partial charge in [-0.25, -0.2) is 9.18 Å². The topological polar surface area (TPSA) is 35.5 Å². The van der Waals surface area contributed by atoms with E-state index in [2.05, 4.69) is 43.3 Å². The quantitative estimate of drug-likeness (QED) is 0.220. The number of carbonyl (C=O) groups is 1. The Hall–Kier alpha value is -2.36. The third-order valence-corrected chi connectivity index (χ3v) is 6.89. The van der Waals surface area contributed by atoms with Crippen molar-refractivity contribution in [1.29, 1.82) is 0 Å². The summed E-state index contributed by atoms with van der Waals surface area (Å²) in [4.78, 5) is 11.9. The van der Waals surface area contributed by atoms with Gasteiger partial charge in [0.05, 0.1) is 6.61 Å². The number of esters is 1. The molecule has 0 amide bonds. The van der Waals surface area contributed by atoms with Crippen molar-refractivity contribution in [2.24, 2.45) is 5.92 Å². The largest absolute Gasteiger partial charge is 0.494 e. The smallest absolute Gasteiger partial charge is 0.340 e. The minimum Gasteiger partial charge on any atom is -0.494 e. The number of unbranched alkanes of at least 4 members (excludes halogenated alkanes) is 2. The van der Waals surface area contributed by atoms with Gasteiger partial charge in [-0.3, -0.25) is 0 Å². The van der Waals surface area contributed by atoms with Crippen molar-refractivity contribution in [2.45, 2.75) is 96.8 Å². The maximum absolute atomic E-state index is 13.9. The predicted molar refractivity (Wildman–Crippen MR) is 137 cm³/mol. The molecule has 0 N–H and O–H groups in total. The summed E-state index contributed by atoms with van der Waals surface area (Å²) in [5, 5.41) is 0. The number of ether oxygens (including phenoxy) is 2. The van der Waals surface area contributed by atoms with Gasteiger partial charge < -0.3 is 9.47 Å². The first-order valence-corrected chi connectivity index (χ1v) is 13.3. The number of rotatable bonds is 13. The molecular weight excluding hydrogens is 427 g/mol. The summed E-state index contributed by atoms with van der Waals surface area (Å²) < 4.78 is 25.0. The zero-order valence-electron chi connectivity index (χ0n) is 20.9. The second kappa shape index (κ2) is 14.1. The van der Waals surface area contributed by atoms with E-state index in [9.17, 15) is 9.18 Å². The van der Waals surface area contributed by atoms with Crippen LogP contribution in [0.25, 0.3) is 11.1 Å². The molecule has 1 fully saturated rings. The third kappa shape index (κ3) is 8.45. The van der Waals surface area contributed by atoms with Crippen LogP contribution in [0, 0.1) is 5.92 Å². The Labute approximate surface area is 205 Å². The van der Waals surface area contributed by atoms with Crippen molar-refractivity contribution in [3.05, 3.63) is 54.1 Å². The van der Waals surface area contributed by atoms with Gasteiger partial charge in [-0.05, 0) is 86.1 Å². The lowest BCUT2D eigenvalue weighted by Crippen LogP contribution is -2.29. The lowest BCUT2D eigenvalue weighted by atomic mass is 9.83. The lowest BCUT2D eigenvalue weighted by Gasteiger charge is -2.28. The average Bonchev–Trinajstić information content (AvgIpc) is 2.87. The summed E-state index contributed by atoms with van der Waals surface area (Å²) in [5.41, 5.74) is 3.77. The number of alkyl halides is 1. The van der Waals surface area contributed by atoms with Crippen LogP contribution < -0.4 is 4.74 Å². The first-order valence-electron chi connectivity index (χ1n) is 13.3. The molecule has 0 aliphatic heterocycles. The molecule has 2 aromatic carbocycles. The fourth-order valence-electron chi connectivity index (χ4n) is 4.59. The minimum atomic E-state index is -1.46. The Balaban J connectivity index is 1.38. The second-order valence-corrected chi connectivity index (χ2v) is 9.65. The van der Waals surface area contributed by atoms with Crippen LogP contribution in [-0.2, 0) is 16.0 Å². The van der Waals surface area contributed by atoms with E-state index >= 15 is 0 Å². The third-order valence-electron chi connectivity index (χ3n) is 6.89. The molecule has 3 nitrogen and oxygen atoms in total. The van der Waals surface area contributed by atoms with Crippen LogP contribution in [0.15, 0.2) is 48.5 Å². The summed E-state index contributed by atoms with van der Waals surface area (Å²) in [5.74, 6) is 0.922. The zero-order chi connectivity index (χ0) is 24.2. The van der Waals surface area contributed by atoms with E-state index in [-0.39, 0.29) is 12.5 Å². The summed E-state index contributed by atoms with van der Waals surface area (Å²) in [6.07, 6.45) is 8.57. The molecule has 0 bridgehead atoms. The monoisotopic (exact) mass is 468 g/mol. The normalized spacial score (nSPS) is 18.9. The van der Waals surface area contributed by atoms with E-state index in [0.29, 0.717) is 5.92 Å². The highest BCUT2D eigenvalue weighted by Crippen LogP contribution is 2.30. The fraction of sp³-hybridized carbons (Fsp3) is 0.567. The average molecular weight is 469 g/mol. The zero-order valence-corrected chi connectivity index (χ0v) is 20.9. The van der Waals surface area contributed by atoms with Crippen LogP contribution in [0.1, 0.15) is 83.6 Å². The number of hydrogen-bond acceptors (Lipinski definition) is 3. The van der Waals surface area contributed by atoms with Crippen LogP contribution in [0.4, 0.5) is 4.39 Å².